The molecular weight excluding hydrogens is 464 g/mol. The lowest BCUT2D eigenvalue weighted by atomic mass is 9.66. The van der Waals surface area contributed by atoms with Crippen molar-refractivity contribution in [3.8, 4) is 22.5 Å². The second-order valence-corrected chi connectivity index (χ2v) is 9.72. The molecule has 0 bridgehead atoms. The molecule has 1 aliphatic carbocycles. The Bertz CT molecular complexity index is 1430. The van der Waals surface area contributed by atoms with Gasteiger partial charge in [-0.3, -0.25) is 9.89 Å². The average molecular weight is 488 g/mol. The van der Waals surface area contributed by atoms with Crippen LogP contribution in [0.3, 0.4) is 0 Å². The SMILES string of the molecule is CC1(C(=O)N2Cc3cnc(-c4cccc(Nc5ccc(-c6cn[nH]c6)cn5)c4)nc3C2)CC(F)(F)C1. The number of rotatable bonds is 5. The van der Waals surface area contributed by atoms with E-state index in [1.54, 1.807) is 30.4 Å². The molecule has 10 heteroatoms. The van der Waals surface area contributed by atoms with Crippen molar-refractivity contribution in [2.75, 3.05) is 5.32 Å². The van der Waals surface area contributed by atoms with E-state index in [0.717, 1.165) is 33.6 Å². The number of hydrogen-bond donors (Lipinski definition) is 2. The maximum absolute atomic E-state index is 13.4. The average Bonchev–Trinajstić information content (AvgIpc) is 3.53. The molecule has 1 amide bonds. The van der Waals surface area contributed by atoms with Crippen molar-refractivity contribution in [2.24, 2.45) is 5.41 Å². The molecule has 0 radical (unpaired) electrons. The molecule has 0 unspecified atom stereocenters. The minimum Gasteiger partial charge on any atom is -0.340 e. The second kappa shape index (κ2) is 8.18. The first-order valence-electron chi connectivity index (χ1n) is 11.6. The van der Waals surface area contributed by atoms with Gasteiger partial charge in [0.2, 0.25) is 11.8 Å². The lowest BCUT2D eigenvalue weighted by Crippen LogP contribution is -2.53. The summed E-state index contributed by atoms with van der Waals surface area (Å²) in [5.74, 6) is -1.76. The summed E-state index contributed by atoms with van der Waals surface area (Å²) in [4.78, 5) is 28.2. The number of amides is 1. The molecule has 0 atom stereocenters. The highest BCUT2D eigenvalue weighted by atomic mass is 19.3. The van der Waals surface area contributed by atoms with Gasteiger partial charge in [-0.05, 0) is 24.3 Å². The van der Waals surface area contributed by atoms with E-state index in [1.807, 2.05) is 42.6 Å². The zero-order valence-electron chi connectivity index (χ0n) is 19.5. The summed E-state index contributed by atoms with van der Waals surface area (Å²) in [5.41, 5.74) is 4.15. The first-order chi connectivity index (χ1) is 17.3. The highest BCUT2D eigenvalue weighted by Crippen LogP contribution is 2.53. The monoisotopic (exact) mass is 487 g/mol. The van der Waals surface area contributed by atoms with Crippen LogP contribution in [-0.4, -0.2) is 41.9 Å². The van der Waals surface area contributed by atoms with E-state index in [1.165, 1.54) is 0 Å². The van der Waals surface area contributed by atoms with Gasteiger partial charge in [-0.25, -0.2) is 23.7 Å². The number of pyridine rings is 1. The highest BCUT2D eigenvalue weighted by molar-refractivity contribution is 5.84. The number of nitrogens with one attached hydrogen (secondary N) is 2. The number of alkyl halides is 2. The van der Waals surface area contributed by atoms with E-state index in [-0.39, 0.29) is 5.91 Å². The van der Waals surface area contributed by atoms with Crippen LogP contribution < -0.4 is 5.32 Å². The topological polar surface area (TPSA) is 99.7 Å². The molecule has 1 aromatic carbocycles. The third-order valence-electron chi connectivity index (χ3n) is 6.75. The molecule has 182 valence electrons. The Kier molecular flexibility index (Phi) is 5.06. The highest BCUT2D eigenvalue weighted by Gasteiger charge is 2.59. The fourth-order valence-corrected chi connectivity index (χ4v) is 4.99. The first-order valence-corrected chi connectivity index (χ1v) is 11.6. The van der Waals surface area contributed by atoms with Crippen molar-refractivity contribution >= 4 is 17.4 Å². The van der Waals surface area contributed by atoms with Crippen LogP contribution in [0, 0.1) is 5.41 Å². The van der Waals surface area contributed by atoms with E-state index in [9.17, 15) is 13.6 Å². The van der Waals surface area contributed by atoms with Crippen LogP contribution in [0.4, 0.5) is 20.3 Å². The Morgan fingerprint density at radius 3 is 2.61 bits per heavy atom. The van der Waals surface area contributed by atoms with Crippen LogP contribution in [0.25, 0.3) is 22.5 Å². The lowest BCUT2D eigenvalue weighted by molar-refractivity contribution is -0.183. The van der Waals surface area contributed by atoms with E-state index in [4.69, 9.17) is 4.98 Å². The Hall–Kier alpha value is -4.21. The number of H-pyrrole nitrogens is 1. The molecule has 1 saturated carbocycles. The van der Waals surface area contributed by atoms with E-state index in [2.05, 4.69) is 25.5 Å². The van der Waals surface area contributed by atoms with Gasteiger partial charge in [-0.2, -0.15) is 5.10 Å². The standard InChI is InChI=1S/C26H23F2N7O/c1-25(14-26(27,28)15-25)24(36)35-12-19-9-30-23(34-21(19)13-35)16-3-2-4-20(7-16)33-22-6-5-17(8-29-22)18-10-31-32-11-18/h2-11H,12-15H2,1H3,(H,29,33)(H,31,32). The summed E-state index contributed by atoms with van der Waals surface area (Å²) in [7, 11) is 0. The summed E-state index contributed by atoms with van der Waals surface area (Å²) in [6.07, 6.45) is 6.25. The minimum absolute atomic E-state index is 0.245. The summed E-state index contributed by atoms with van der Waals surface area (Å²) >= 11 is 0. The van der Waals surface area contributed by atoms with Gasteiger partial charge in [0.25, 0.3) is 0 Å². The van der Waals surface area contributed by atoms with E-state index < -0.39 is 24.2 Å². The number of carbonyl (C=O) groups excluding carboxylic acids is 1. The van der Waals surface area contributed by atoms with Gasteiger partial charge in [-0.1, -0.05) is 19.1 Å². The molecule has 0 spiro atoms. The molecule has 2 aliphatic rings. The maximum Gasteiger partial charge on any atom is 0.250 e. The number of benzene rings is 1. The Labute approximate surface area is 205 Å². The van der Waals surface area contributed by atoms with Crippen molar-refractivity contribution in [3.63, 3.8) is 0 Å². The van der Waals surface area contributed by atoms with Gasteiger partial charge >= 0.3 is 0 Å². The molecule has 1 fully saturated rings. The second-order valence-electron chi connectivity index (χ2n) is 9.72. The third-order valence-corrected chi connectivity index (χ3v) is 6.75. The molecule has 2 N–H and O–H groups in total. The normalized spacial score (nSPS) is 17.4. The van der Waals surface area contributed by atoms with Gasteiger partial charge in [0.15, 0.2) is 5.82 Å². The van der Waals surface area contributed by atoms with Crippen LogP contribution in [0.2, 0.25) is 0 Å². The fraction of sp³-hybridized carbons (Fsp3) is 0.269. The quantitative estimate of drug-likeness (QED) is 0.413. The third kappa shape index (κ3) is 4.08. The first kappa shape index (κ1) is 22.3. The number of anilines is 2. The largest absolute Gasteiger partial charge is 0.340 e. The summed E-state index contributed by atoms with van der Waals surface area (Å²) in [6.45, 7) is 2.26. The van der Waals surface area contributed by atoms with Gasteiger partial charge in [0.1, 0.15) is 5.82 Å². The van der Waals surface area contributed by atoms with E-state index in [0.29, 0.717) is 24.7 Å². The number of aromatic amines is 1. The number of nitrogens with zero attached hydrogens (tertiary/aromatic N) is 5. The molecule has 4 aromatic rings. The molecule has 6 rings (SSSR count). The predicted molar refractivity (Wildman–Crippen MR) is 129 cm³/mol. The van der Waals surface area contributed by atoms with E-state index >= 15 is 0 Å². The Balaban J connectivity index is 1.16. The fourth-order valence-electron chi connectivity index (χ4n) is 4.99. The van der Waals surface area contributed by atoms with Crippen molar-refractivity contribution in [2.45, 2.75) is 38.8 Å². The lowest BCUT2D eigenvalue weighted by Gasteiger charge is -2.45. The molecule has 4 heterocycles. The number of aromatic nitrogens is 5. The summed E-state index contributed by atoms with van der Waals surface area (Å²) in [5, 5.41) is 10.0. The van der Waals surface area contributed by atoms with Crippen LogP contribution in [0.5, 0.6) is 0 Å². The number of carbonyl (C=O) groups is 1. The zero-order valence-corrected chi connectivity index (χ0v) is 19.5. The van der Waals surface area contributed by atoms with Gasteiger partial charge in [0, 0.05) is 65.9 Å². The van der Waals surface area contributed by atoms with Crippen LogP contribution in [0.1, 0.15) is 31.0 Å². The van der Waals surface area contributed by atoms with Gasteiger partial charge < -0.3 is 10.2 Å². The Morgan fingerprint density at radius 1 is 1.03 bits per heavy atom. The molecule has 1 aliphatic heterocycles. The van der Waals surface area contributed by atoms with Crippen LogP contribution in [-0.2, 0) is 17.9 Å². The summed E-state index contributed by atoms with van der Waals surface area (Å²) < 4.78 is 26.8. The Morgan fingerprint density at radius 2 is 1.89 bits per heavy atom. The molecular formula is C26H23F2N7O. The van der Waals surface area contributed by atoms with Crippen LogP contribution >= 0.6 is 0 Å². The molecule has 8 nitrogen and oxygen atoms in total. The molecule has 36 heavy (non-hydrogen) atoms. The molecule has 3 aromatic heterocycles. The number of fused-ring (bicyclic) bond motifs is 1. The zero-order chi connectivity index (χ0) is 24.9. The minimum atomic E-state index is -2.75. The van der Waals surface area contributed by atoms with Crippen molar-refractivity contribution in [3.05, 3.63) is 72.4 Å². The van der Waals surface area contributed by atoms with Gasteiger partial charge in [0.05, 0.1) is 23.9 Å². The maximum atomic E-state index is 13.4. The smallest absolute Gasteiger partial charge is 0.250 e. The summed E-state index contributed by atoms with van der Waals surface area (Å²) in [6, 6.07) is 11.5. The number of hydrogen-bond acceptors (Lipinski definition) is 6. The van der Waals surface area contributed by atoms with Crippen molar-refractivity contribution < 1.29 is 13.6 Å². The van der Waals surface area contributed by atoms with Gasteiger partial charge in [-0.15, -0.1) is 0 Å². The predicted octanol–water partition coefficient (Wildman–Crippen LogP) is 4.95. The molecule has 0 saturated heterocycles. The number of halogens is 2. The van der Waals surface area contributed by atoms with Crippen LogP contribution in [0.15, 0.2) is 61.2 Å². The van der Waals surface area contributed by atoms with Crippen molar-refractivity contribution in [1.29, 1.82) is 0 Å². The van der Waals surface area contributed by atoms with Crippen molar-refractivity contribution in [1.82, 2.24) is 30.0 Å².